The van der Waals surface area contributed by atoms with Crippen molar-refractivity contribution in [1.29, 1.82) is 0 Å². The van der Waals surface area contributed by atoms with Crippen LogP contribution in [0.5, 0.6) is 0 Å². The fourth-order valence-electron chi connectivity index (χ4n) is 5.19. The zero-order chi connectivity index (χ0) is 20.5. The van der Waals surface area contributed by atoms with Gasteiger partial charge in [-0.15, -0.1) is 0 Å². The van der Waals surface area contributed by atoms with Gasteiger partial charge in [-0.25, -0.2) is 0 Å². The maximum absolute atomic E-state index is 3.66. The van der Waals surface area contributed by atoms with Gasteiger partial charge in [0.2, 0.25) is 0 Å². The molecule has 1 N–H and O–H groups in total. The lowest BCUT2D eigenvalue weighted by Crippen LogP contribution is -2.15. The molecule has 2 heteroatoms. The Kier molecular flexibility index (Phi) is 3.47. The van der Waals surface area contributed by atoms with Crippen LogP contribution in [0.2, 0.25) is 0 Å². The summed E-state index contributed by atoms with van der Waals surface area (Å²) < 4.78 is 2.27. The van der Waals surface area contributed by atoms with E-state index in [9.17, 15) is 0 Å². The molecule has 0 bridgehead atoms. The van der Waals surface area contributed by atoms with Gasteiger partial charge in [0.15, 0.2) is 0 Å². The molecule has 0 amide bonds. The van der Waals surface area contributed by atoms with Crippen molar-refractivity contribution >= 4 is 33.2 Å². The van der Waals surface area contributed by atoms with Crippen LogP contribution in [0, 0.1) is 0 Å². The molecule has 0 aliphatic heterocycles. The normalized spacial score (nSPS) is 14.1. The predicted octanol–water partition coefficient (Wildman–Crippen LogP) is 7.38. The molecule has 0 saturated carbocycles. The van der Waals surface area contributed by atoms with Crippen molar-refractivity contribution < 1.29 is 0 Å². The number of hydrogen-bond donors (Lipinski definition) is 1. The number of aromatic nitrogens is 1. The molecular formula is C28H24N2. The van der Waals surface area contributed by atoms with Crippen molar-refractivity contribution in [2.24, 2.45) is 7.05 Å². The average Bonchev–Trinajstić information content (AvgIpc) is 3.18. The highest BCUT2D eigenvalue weighted by atomic mass is 14.9. The lowest BCUT2D eigenvalue weighted by atomic mass is 9.82. The van der Waals surface area contributed by atoms with Gasteiger partial charge in [-0.2, -0.15) is 0 Å². The number of aryl methyl sites for hydroxylation is 1. The van der Waals surface area contributed by atoms with Crippen LogP contribution in [-0.4, -0.2) is 4.57 Å². The molecule has 0 saturated heterocycles. The highest BCUT2D eigenvalue weighted by Crippen LogP contribution is 2.49. The number of nitrogens with one attached hydrogen (secondary N) is 1. The number of hydrogen-bond acceptors (Lipinski definition) is 1. The summed E-state index contributed by atoms with van der Waals surface area (Å²) >= 11 is 0. The van der Waals surface area contributed by atoms with Crippen LogP contribution >= 0.6 is 0 Å². The third-order valence-electron chi connectivity index (χ3n) is 6.79. The van der Waals surface area contributed by atoms with Crippen LogP contribution in [0.15, 0.2) is 84.9 Å². The van der Waals surface area contributed by atoms with E-state index in [0.29, 0.717) is 0 Å². The molecule has 1 aromatic heterocycles. The first kappa shape index (κ1) is 17.3. The largest absolute Gasteiger partial charge is 0.355 e. The second kappa shape index (κ2) is 5.99. The molecule has 1 heterocycles. The Morgan fingerprint density at radius 2 is 1.30 bits per heavy atom. The SMILES string of the molecule is Cn1c2ccccc2c2cc(Nc3ccc4c(c3)C(C)(C)c3ccccc3-4)ccc21. The zero-order valence-electron chi connectivity index (χ0n) is 17.5. The number of nitrogens with zero attached hydrogens (tertiary/aromatic N) is 1. The van der Waals surface area contributed by atoms with Crippen molar-refractivity contribution in [2.45, 2.75) is 19.3 Å². The molecule has 0 radical (unpaired) electrons. The van der Waals surface area contributed by atoms with Gasteiger partial charge in [0.1, 0.15) is 0 Å². The van der Waals surface area contributed by atoms with Crippen LogP contribution in [0.3, 0.4) is 0 Å². The molecule has 4 aromatic carbocycles. The number of para-hydroxylation sites is 1. The molecule has 6 rings (SSSR count). The van der Waals surface area contributed by atoms with E-state index in [2.05, 4.69) is 116 Å². The Bertz CT molecular complexity index is 1450. The standard InChI is InChI=1S/C28H24N2/c1-28(2)24-10-6-4-8-20(24)21-14-12-19(17-25(21)28)29-18-13-15-27-23(16-18)22-9-5-7-11-26(22)30(27)3/h4-17,29H,1-3H3. The molecule has 1 aliphatic rings. The molecule has 0 unspecified atom stereocenters. The first-order chi connectivity index (χ1) is 14.5. The predicted molar refractivity (Wildman–Crippen MR) is 128 cm³/mol. The molecule has 0 atom stereocenters. The van der Waals surface area contributed by atoms with Gasteiger partial charge in [-0.3, -0.25) is 0 Å². The molecule has 1 aliphatic carbocycles. The van der Waals surface area contributed by atoms with Crippen molar-refractivity contribution in [1.82, 2.24) is 4.57 Å². The molecule has 30 heavy (non-hydrogen) atoms. The van der Waals surface area contributed by atoms with E-state index >= 15 is 0 Å². The Morgan fingerprint density at radius 1 is 0.633 bits per heavy atom. The van der Waals surface area contributed by atoms with Crippen molar-refractivity contribution in [3.8, 4) is 11.1 Å². The maximum Gasteiger partial charge on any atom is 0.0490 e. The number of rotatable bonds is 2. The van der Waals surface area contributed by atoms with Crippen LogP contribution < -0.4 is 5.32 Å². The highest BCUT2D eigenvalue weighted by Gasteiger charge is 2.35. The highest BCUT2D eigenvalue weighted by molar-refractivity contribution is 6.09. The summed E-state index contributed by atoms with van der Waals surface area (Å²) in [6.45, 7) is 4.65. The number of benzene rings is 4. The second-order valence-electron chi connectivity index (χ2n) is 8.86. The number of fused-ring (bicyclic) bond motifs is 6. The first-order valence-electron chi connectivity index (χ1n) is 10.5. The van der Waals surface area contributed by atoms with Gasteiger partial charge in [0.25, 0.3) is 0 Å². The maximum atomic E-state index is 3.66. The molecule has 0 spiro atoms. The summed E-state index contributed by atoms with van der Waals surface area (Å²) in [5.74, 6) is 0. The molecule has 2 nitrogen and oxygen atoms in total. The molecule has 0 fully saturated rings. The van der Waals surface area contributed by atoms with Crippen LogP contribution in [0.25, 0.3) is 32.9 Å². The summed E-state index contributed by atoms with van der Waals surface area (Å²) in [4.78, 5) is 0. The monoisotopic (exact) mass is 388 g/mol. The lowest BCUT2D eigenvalue weighted by Gasteiger charge is -2.22. The van der Waals surface area contributed by atoms with E-state index in [1.54, 1.807) is 0 Å². The Balaban J connectivity index is 1.43. The third-order valence-corrected chi connectivity index (χ3v) is 6.79. The minimum absolute atomic E-state index is 0.0171. The van der Waals surface area contributed by atoms with Crippen LogP contribution in [-0.2, 0) is 12.5 Å². The van der Waals surface area contributed by atoms with E-state index < -0.39 is 0 Å². The minimum atomic E-state index is 0.0171. The van der Waals surface area contributed by atoms with E-state index in [0.717, 1.165) is 11.4 Å². The van der Waals surface area contributed by atoms with Crippen molar-refractivity contribution in [3.05, 3.63) is 96.1 Å². The van der Waals surface area contributed by atoms with Gasteiger partial charge in [0, 0.05) is 45.6 Å². The zero-order valence-corrected chi connectivity index (χ0v) is 17.5. The Morgan fingerprint density at radius 3 is 2.20 bits per heavy atom. The third kappa shape index (κ3) is 2.31. The van der Waals surface area contributed by atoms with Gasteiger partial charge in [0.05, 0.1) is 0 Å². The van der Waals surface area contributed by atoms with E-state index in [4.69, 9.17) is 0 Å². The van der Waals surface area contributed by atoms with E-state index in [1.165, 1.54) is 44.1 Å². The summed E-state index contributed by atoms with van der Waals surface area (Å²) in [6.07, 6.45) is 0. The Hall–Kier alpha value is -3.52. The summed E-state index contributed by atoms with van der Waals surface area (Å²) in [7, 11) is 2.14. The van der Waals surface area contributed by atoms with Crippen molar-refractivity contribution in [2.75, 3.05) is 5.32 Å². The van der Waals surface area contributed by atoms with Gasteiger partial charge in [-0.1, -0.05) is 62.4 Å². The van der Waals surface area contributed by atoms with Crippen molar-refractivity contribution in [3.63, 3.8) is 0 Å². The molecule has 5 aromatic rings. The minimum Gasteiger partial charge on any atom is -0.355 e. The fourth-order valence-corrected chi connectivity index (χ4v) is 5.19. The van der Waals surface area contributed by atoms with E-state index in [1.807, 2.05) is 0 Å². The van der Waals surface area contributed by atoms with Crippen LogP contribution in [0.1, 0.15) is 25.0 Å². The van der Waals surface area contributed by atoms with E-state index in [-0.39, 0.29) is 5.41 Å². The van der Waals surface area contributed by atoms with Gasteiger partial charge < -0.3 is 9.88 Å². The van der Waals surface area contributed by atoms with Gasteiger partial charge in [-0.05, 0) is 58.7 Å². The average molecular weight is 389 g/mol. The summed E-state index contributed by atoms with van der Waals surface area (Å²) in [5.41, 5.74) is 10.3. The fraction of sp³-hybridized carbons (Fsp3) is 0.143. The van der Waals surface area contributed by atoms with Crippen LogP contribution in [0.4, 0.5) is 11.4 Å². The lowest BCUT2D eigenvalue weighted by molar-refractivity contribution is 0.660. The Labute approximate surface area is 176 Å². The number of anilines is 2. The summed E-state index contributed by atoms with van der Waals surface area (Å²) in [5, 5.41) is 6.23. The quantitative estimate of drug-likeness (QED) is 0.334. The molecule has 146 valence electrons. The summed E-state index contributed by atoms with van der Waals surface area (Å²) in [6, 6.07) is 30.8. The molecular weight excluding hydrogens is 364 g/mol. The van der Waals surface area contributed by atoms with Gasteiger partial charge >= 0.3 is 0 Å². The topological polar surface area (TPSA) is 17.0 Å². The first-order valence-corrected chi connectivity index (χ1v) is 10.5. The smallest absolute Gasteiger partial charge is 0.0490 e. The second-order valence-corrected chi connectivity index (χ2v) is 8.86.